The number of fused-ring (bicyclic) bond motifs is 2. The van der Waals surface area contributed by atoms with Gasteiger partial charge in [0.2, 0.25) is 10.1 Å². The number of nitrogens with zero attached hydrogens (tertiary/aromatic N) is 6. The van der Waals surface area contributed by atoms with Gasteiger partial charge in [-0.3, -0.25) is 0 Å². The van der Waals surface area contributed by atoms with Crippen LogP contribution in [0, 0.1) is 0 Å². The molecule has 27 heavy (non-hydrogen) atoms. The van der Waals surface area contributed by atoms with Crippen molar-refractivity contribution in [1.82, 2.24) is 29.4 Å². The SMILES string of the molecule is CC(Nc1nn2cc(-c3ccc(Cl)cc3)nc2s1)c1nnc2n1CCCC2. The van der Waals surface area contributed by atoms with Gasteiger partial charge in [0.25, 0.3) is 0 Å². The van der Waals surface area contributed by atoms with E-state index in [1.54, 1.807) is 0 Å². The first-order valence-corrected chi connectivity index (χ1v) is 10.2. The number of aryl methyl sites for hydroxylation is 1. The van der Waals surface area contributed by atoms with Gasteiger partial charge in [0.05, 0.1) is 17.9 Å². The quantitative estimate of drug-likeness (QED) is 0.556. The van der Waals surface area contributed by atoms with Crippen LogP contribution in [-0.2, 0) is 13.0 Å². The molecule has 1 aliphatic heterocycles. The van der Waals surface area contributed by atoms with Gasteiger partial charge in [-0.15, -0.1) is 15.3 Å². The first-order valence-electron chi connectivity index (χ1n) is 8.98. The highest BCUT2D eigenvalue weighted by Crippen LogP contribution is 2.28. The molecule has 1 atom stereocenters. The van der Waals surface area contributed by atoms with Gasteiger partial charge in [-0.1, -0.05) is 35.1 Å². The molecule has 1 aliphatic rings. The summed E-state index contributed by atoms with van der Waals surface area (Å²) in [5.41, 5.74) is 1.91. The number of imidazole rings is 1. The molecule has 1 unspecified atom stereocenters. The van der Waals surface area contributed by atoms with E-state index in [0.717, 1.165) is 46.0 Å². The molecule has 7 nitrogen and oxygen atoms in total. The highest BCUT2D eigenvalue weighted by Gasteiger charge is 2.21. The van der Waals surface area contributed by atoms with Crippen LogP contribution in [0.4, 0.5) is 5.13 Å². The van der Waals surface area contributed by atoms with Crippen molar-refractivity contribution in [3.8, 4) is 11.3 Å². The minimum absolute atomic E-state index is 0.0379. The molecule has 0 aliphatic carbocycles. The Balaban J connectivity index is 1.37. The normalized spacial score (nSPS) is 15.0. The number of hydrogen-bond donors (Lipinski definition) is 1. The first kappa shape index (κ1) is 16.7. The van der Waals surface area contributed by atoms with Gasteiger partial charge < -0.3 is 9.88 Å². The number of halogens is 1. The number of hydrogen-bond acceptors (Lipinski definition) is 6. The number of aromatic nitrogens is 6. The molecule has 0 fully saturated rings. The van der Waals surface area contributed by atoms with Crippen LogP contribution in [0.3, 0.4) is 0 Å². The second-order valence-electron chi connectivity index (χ2n) is 6.72. The first-order chi connectivity index (χ1) is 13.2. The fraction of sp³-hybridized carbons (Fsp3) is 0.333. The predicted molar refractivity (Wildman–Crippen MR) is 106 cm³/mol. The van der Waals surface area contributed by atoms with Crippen molar-refractivity contribution < 1.29 is 0 Å². The third-order valence-electron chi connectivity index (χ3n) is 4.80. The lowest BCUT2D eigenvalue weighted by atomic mass is 10.1. The van der Waals surface area contributed by atoms with Crippen molar-refractivity contribution in [2.24, 2.45) is 0 Å². The molecular weight excluding hydrogens is 382 g/mol. The van der Waals surface area contributed by atoms with E-state index in [4.69, 9.17) is 11.6 Å². The van der Waals surface area contributed by atoms with Crippen molar-refractivity contribution >= 4 is 33.0 Å². The van der Waals surface area contributed by atoms with Gasteiger partial charge in [0.1, 0.15) is 5.82 Å². The smallest absolute Gasteiger partial charge is 0.214 e. The molecule has 0 saturated heterocycles. The monoisotopic (exact) mass is 399 g/mol. The Morgan fingerprint density at radius 1 is 1.19 bits per heavy atom. The zero-order valence-corrected chi connectivity index (χ0v) is 16.3. The van der Waals surface area contributed by atoms with E-state index in [0.29, 0.717) is 5.02 Å². The molecule has 0 amide bonds. The van der Waals surface area contributed by atoms with E-state index in [1.165, 1.54) is 24.2 Å². The maximum absolute atomic E-state index is 5.96. The van der Waals surface area contributed by atoms with Crippen molar-refractivity contribution in [2.75, 3.05) is 5.32 Å². The second kappa shape index (κ2) is 6.61. The minimum atomic E-state index is 0.0379. The highest BCUT2D eigenvalue weighted by atomic mass is 35.5. The Hall–Kier alpha value is -2.45. The largest absolute Gasteiger partial charge is 0.350 e. The van der Waals surface area contributed by atoms with Crippen molar-refractivity contribution in [2.45, 2.75) is 38.8 Å². The topological polar surface area (TPSA) is 72.9 Å². The summed E-state index contributed by atoms with van der Waals surface area (Å²) in [7, 11) is 0. The van der Waals surface area contributed by atoms with Gasteiger partial charge in [-0.25, -0.2) is 9.50 Å². The van der Waals surface area contributed by atoms with Gasteiger partial charge in [0, 0.05) is 23.6 Å². The van der Waals surface area contributed by atoms with E-state index in [-0.39, 0.29) is 6.04 Å². The second-order valence-corrected chi connectivity index (χ2v) is 8.11. The van der Waals surface area contributed by atoms with Crippen molar-refractivity contribution in [3.63, 3.8) is 0 Å². The summed E-state index contributed by atoms with van der Waals surface area (Å²) in [6, 6.07) is 7.70. The summed E-state index contributed by atoms with van der Waals surface area (Å²) in [5.74, 6) is 2.06. The van der Waals surface area contributed by atoms with Gasteiger partial charge in [0.15, 0.2) is 5.82 Å². The Labute approximate surface area is 165 Å². The molecule has 3 aromatic heterocycles. The van der Waals surface area contributed by atoms with Gasteiger partial charge >= 0.3 is 0 Å². The number of benzene rings is 1. The van der Waals surface area contributed by atoms with Crippen molar-refractivity contribution in [1.29, 1.82) is 0 Å². The lowest BCUT2D eigenvalue weighted by molar-refractivity contribution is 0.500. The Morgan fingerprint density at radius 2 is 2.04 bits per heavy atom. The molecule has 1 N–H and O–H groups in total. The van der Waals surface area contributed by atoms with Crippen LogP contribution in [0.2, 0.25) is 5.02 Å². The summed E-state index contributed by atoms with van der Waals surface area (Å²) >= 11 is 7.48. The zero-order chi connectivity index (χ0) is 18.4. The van der Waals surface area contributed by atoms with Crippen LogP contribution in [0.15, 0.2) is 30.5 Å². The lowest BCUT2D eigenvalue weighted by Gasteiger charge is -2.18. The molecule has 0 radical (unpaired) electrons. The molecular formula is C18H18ClN7S. The molecule has 4 aromatic rings. The lowest BCUT2D eigenvalue weighted by Crippen LogP contribution is -2.18. The van der Waals surface area contributed by atoms with E-state index in [2.05, 4.69) is 37.1 Å². The third kappa shape index (κ3) is 3.08. The number of anilines is 1. The zero-order valence-electron chi connectivity index (χ0n) is 14.8. The molecule has 0 saturated carbocycles. The number of rotatable bonds is 4. The molecule has 0 bridgehead atoms. The van der Waals surface area contributed by atoms with E-state index >= 15 is 0 Å². The summed E-state index contributed by atoms with van der Waals surface area (Å²) in [6.45, 7) is 3.09. The maximum atomic E-state index is 5.96. The Bertz CT molecular complexity index is 1060. The Morgan fingerprint density at radius 3 is 2.85 bits per heavy atom. The van der Waals surface area contributed by atoms with Crippen LogP contribution in [-0.4, -0.2) is 29.4 Å². The fourth-order valence-corrected chi connectivity index (χ4v) is 4.41. The highest BCUT2D eigenvalue weighted by molar-refractivity contribution is 7.20. The molecule has 1 aromatic carbocycles. The maximum Gasteiger partial charge on any atom is 0.214 e. The van der Waals surface area contributed by atoms with E-state index < -0.39 is 0 Å². The molecule has 9 heteroatoms. The van der Waals surface area contributed by atoms with Crippen LogP contribution < -0.4 is 5.32 Å². The average Bonchev–Trinajstić information content (AvgIpc) is 3.35. The van der Waals surface area contributed by atoms with Crippen molar-refractivity contribution in [3.05, 3.63) is 47.1 Å². The van der Waals surface area contributed by atoms with E-state index in [1.807, 2.05) is 35.0 Å². The summed E-state index contributed by atoms with van der Waals surface area (Å²) < 4.78 is 4.04. The summed E-state index contributed by atoms with van der Waals surface area (Å²) in [6.07, 6.45) is 5.32. The van der Waals surface area contributed by atoms with Crippen LogP contribution in [0.1, 0.15) is 37.5 Å². The van der Waals surface area contributed by atoms with Gasteiger partial charge in [-0.2, -0.15) is 0 Å². The molecule has 0 spiro atoms. The number of nitrogens with one attached hydrogen (secondary N) is 1. The van der Waals surface area contributed by atoms with Crippen LogP contribution >= 0.6 is 22.9 Å². The standard InChI is InChI=1S/C18H18ClN7S/c1-11(16-23-22-15-4-2-3-9-25(15)16)20-17-24-26-10-14(21-18(26)27-17)12-5-7-13(19)8-6-12/h5-8,10-11H,2-4,9H2,1H3,(H,20,24). The third-order valence-corrected chi connectivity index (χ3v) is 5.90. The molecule has 5 rings (SSSR count). The van der Waals surface area contributed by atoms with Gasteiger partial charge in [-0.05, 0) is 31.9 Å². The average molecular weight is 400 g/mol. The minimum Gasteiger partial charge on any atom is -0.350 e. The molecule has 138 valence electrons. The van der Waals surface area contributed by atoms with Crippen LogP contribution in [0.5, 0.6) is 0 Å². The predicted octanol–water partition coefficient (Wildman–Crippen LogP) is 4.21. The molecule has 4 heterocycles. The van der Waals surface area contributed by atoms with Crippen LogP contribution in [0.25, 0.3) is 16.2 Å². The Kier molecular flexibility index (Phi) is 4.09. The summed E-state index contributed by atoms with van der Waals surface area (Å²) in [4.78, 5) is 5.52. The fourth-order valence-electron chi connectivity index (χ4n) is 3.42. The summed E-state index contributed by atoms with van der Waals surface area (Å²) in [5, 5.41) is 18.3. The van der Waals surface area contributed by atoms with E-state index in [9.17, 15) is 0 Å².